The average molecular weight is 419 g/mol. The predicted octanol–water partition coefficient (Wildman–Crippen LogP) is 0.965. The second-order valence-corrected chi connectivity index (χ2v) is 7.13. The van der Waals surface area contributed by atoms with E-state index in [-0.39, 0.29) is 13.2 Å². The minimum Gasteiger partial charge on any atom is -0.468 e. The Morgan fingerprint density at radius 2 is 1.90 bits per heavy atom. The number of methoxy groups -OCH3 is 1. The summed E-state index contributed by atoms with van der Waals surface area (Å²) in [7, 11) is 2.79. The molecule has 0 aromatic heterocycles. The molecule has 30 heavy (non-hydrogen) atoms. The van der Waals surface area contributed by atoms with Crippen LogP contribution in [0.1, 0.15) is 25.8 Å². The molecule has 1 N–H and O–H groups in total. The lowest BCUT2D eigenvalue weighted by Gasteiger charge is -2.26. The first-order valence-corrected chi connectivity index (χ1v) is 9.92. The van der Waals surface area contributed by atoms with Gasteiger partial charge < -0.3 is 14.4 Å². The standard InChI is InChI=1S/C21H29N3O6/c1-5-30-20(27)17-13-23(3)21(28)24(17)18(25)14(2)22-16(19(26)29-4)12-11-15-9-7-6-8-10-15/h6-10,14,16-17,22H,5,11-13H2,1-4H3. The number of aryl methyl sites for hydroxylation is 1. The molecule has 1 saturated heterocycles. The second-order valence-electron chi connectivity index (χ2n) is 7.13. The third-order valence-electron chi connectivity index (χ3n) is 4.96. The molecule has 9 heteroatoms. The highest BCUT2D eigenvalue weighted by atomic mass is 16.5. The Hall–Kier alpha value is -2.94. The molecule has 1 fully saturated rings. The number of benzene rings is 1. The Kier molecular flexibility index (Phi) is 8.35. The summed E-state index contributed by atoms with van der Waals surface area (Å²) in [5, 5.41) is 2.95. The van der Waals surface area contributed by atoms with Crippen LogP contribution in [0.4, 0.5) is 4.79 Å². The summed E-state index contributed by atoms with van der Waals surface area (Å²) in [4.78, 5) is 52.1. The molecule has 1 aliphatic rings. The van der Waals surface area contributed by atoms with Crippen LogP contribution < -0.4 is 5.32 Å². The van der Waals surface area contributed by atoms with Crippen molar-refractivity contribution in [3.63, 3.8) is 0 Å². The number of imide groups is 1. The molecule has 0 aliphatic carbocycles. The van der Waals surface area contributed by atoms with Crippen molar-refractivity contribution in [1.82, 2.24) is 15.1 Å². The minimum atomic E-state index is -1.01. The molecule has 2 rings (SSSR count). The topological polar surface area (TPSA) is 105 Å². The van der Waals surface area contributed by atoms with Gasteiger partial charge >= 0.3 is 18.0 Å². The van der Waals surface area contributed by atoms with Gasteiger partial charge in [-0.25, -0.2) is 14.5 Å². The van der Waals surface area contributed by atoms with E-state index in [2.05, 4.69) is 5.32 Å². The number of likely N-dealkylation sites (N-methyl/N-ethyl adjacent to an activating group) is 1. The molecule has 9 nitrogen and oxygen atoms in total. The van der Waals surface area contributed by atoms with Crippen molar-refractivity contribution in [2.75, 3.05) is 27.3 Å². The van der Waals surface area contributed by atoms with Crippen molar-refractivity contribution in [1.29, 1.82) is 0 Å². The van der Waals surface area contributed by atoms with Gasteiger partial charge in [0.25, 0.3) is 0 Å². The fourth-order valence-electron chi connectivity index (χ4n) is 3.35. The van der Waals surface area contributed by atoms with Crippen molar-refractivity contribution in [3.8, 4) is 0 Å². The largest absolute Gasteiger partial charge is 0.468 e. The van der Waals surface area contributed by atoms with Crippen LogP contribution in [-0.4, -0.2) is 79.1 Å². The third-order valence-corrected chi connectivity index (χ3v) is 4.96. The van der Waals surface area contributed by atoms with Crippen LogP contribution in [-0.2, 0) is 30.3 Å². The zero-order valence-electron chi connectivity index (χ0n) is 17.8. The maximum Gasteiger partial charge on any atom is 0.331 e. The van der Waals surface area contributed by atoms with Crippen LogP contribution in [0.5, 0.6) is 0 Å². The summed E-state index contributed by atoms with van der Waals surface area (Å²) in [6.45, 7) is 3.41. The van der Waals surface area contributed by atoms with Crippen LogP contribution in [0.2, 0.25) is 0 Å². The third kappa shape index (κ3) is 5.56. The van der Waals surface area contributed by atoms with Gasteiger partial charge in [-0.15, -0.1) is 0 Å². The van der Waals surface area contributed by atoms with Gasteiger partial charge in [-0.05, 0) is 32.3 Å². The molecule has 3 unspecified atom stereocenters. The molecule has 0 saturated carbocycles. The van der Waals surface area contributed by atoms with Gasteiger partial charge in [-0.2, -0.15) is 0 Å². The first kappa shape index (κ1) is 23.3. The number of nitrogens with one attached hydrogen (secondary N) is 1. The van der Waals surface area contributed by atoms with E-state index in [4.69, 9.17) is 9.47 Å². The van der Waals surface area contributed by atoms with Crippen molar-refractivity contribution >= 4 is 23.9 Å². The number of nitrogens with zero attached hydrogens (tertiary/aromatic N) is 2. The Bertz CT molecular complexity index is 769. The SMILES string of the molecule is CCOC(=O)C1CN(C)C(=O)N1C(=O)C(C)NC(CCc1ccccc1)C(=O)OC. The highest BCUT2D eigenvalue weighted by Gasteiger charge is 2.46. The summed E-state index contributed by atoms with van der Waals surface area (Å²) in [5.41, 5.74) is 1.05. The van der Waals surface area contributed by atoms with Crippen LogP contribution in [0.15, 0.2) is 30.3 Å². The summed E-state index contributed by atoms with van der Waals surface area (Å²) in [6.07, 6.45) is 1.01. The zero-order valence-corrected chi connectivity index (χ0v) is 17.8. The Labute approximate surface area is 176 Å². The highest BCUT2D eigenvalue weighted by molar-refractivity contribution is 6.03. The van der Waals surface area contributed by atoms with Gasteiger partial charge in [0, 0.05) is 7.05 Å². The maximum atomic E-state index is 13.0. The van der Waals surface area contributed by atoms with Crippen molar-refractivity contribution in [3.05, 3.63) is 35.9 Å². The second kappa shape index (κ2) is 10.7. The molecule has 0 radical (unpaired) electrons. The molecule has 1 aromatic rings. The predicted molar refractivity (Wildman–Crippen MR) is 108 cm³/mol. The Morgan fingerprint density at radius 3 is 2.50 bits per heavy atom. The zero-order chi connectivity index (χ0) is 22.3. The van der Waals surface area contributed by atoms with E-state index >= 15 is 0 Å². The van der Waals surface area contributed by atoms with E-state index in [0.717, 1.165) is 10.5 Å². The number of carbonyl (C=O) groups excluding carboxylic acids is 4. The number of amides is 3. The smallest absolute Gasteiger partial charge is 0.331 e. The minimum absolute atomic E-state index is 0.0601. The Balaban J connectivity index is 2.09. The van der Waals surface area contributed by atoms with E-state index < -0.39 is 42.0 Å². The molecule has 1 aliphatic heterocycles. The van der Waals surface area contributed by atoms with Crippen molar-refractivity contribution in [2.24, 2.45) is 0 Å². The molecular formula is C21H29N3O6. The lowest BCUT2D eigenvalue weighted by atomic mass is 10.0. The number of esters is 2. The molecule has 3 atom stereocenters. The van der Waals surface area contributed by atoms with Gasteiger partial charge in [0.1, 0.15) is 6.04 Å². The molecule has 0 bridgehead atoms. The number of ether oxygens (including phenoxy) is 2. The summed E-state index contributed by atoms with van der Waals surface area (Å²) in [5.74, 6) is -1.74. The van der Waals surface area contributed by atoms with Crippen LogP contribution in [0.3, 0.4) is 0 Å². The molecule has 3 amide bonds. The van der Waals surface area contributed by atoms with Crippen LogP contribution >= 0.6 is 0 Å². The monoisotopic (exact) mass is 419 g/mol. The van der Waals surface area contributed by atoms with Gasteiger partial charge in [-0.1, -0.05) is 30.3 Å². The fourth-order valence-corrected chi connectivity index (χ4v) is 3.35. The van der Waals surface area contributed by atoms with E-state index in [1.165, 1.54) is 19.1 Å². The lowest BCUT2D eigenvalue weighted by molar-refractivity contribution is -0.152. The maximum absolute atomic E-state index is 13.0. The number of hydrogen-bond donors (Lipinski definition) is 1. The Morgan fingerprint density at radius 1 is 1.23 bits per heavy atom. The quantitative estimate of drug-likeness (QED) is 0.595. The van der Waals surface area contributed by atoms with Gasteiger partial charge in [0.2, 0.25) is 5.91 Å². The number of carbonyl (C=O) groups is 4. The normalized spacial score (nSPS) is 18.1. The van der Waals surface area contributed by atoms with Crippen LogP contribution in [0.25, 0.3) is 0 Å². The molecular weight excluding hydrogens is 390 g/mol. The van der Waals surface area contributed by atoms with Crippen molar-refractivity contribution < 1.29 is 28.7 Å². The average Bonchev–Trinajstić information content (AvgIpc) is 3.05. The number of rotatable bonds is 9. The molecule has 1 heterocycles. The van der Waals surface area contributed by atoms with E-state index in [0.29, 0.717) is 12.8 Å². The van der Waals surface area contributed by atoms with Crippen molar-refractivity contribution in [2.45, 2.75) is 44.8 Å². The van der Waals surface area contributed by atoms with Gasteiger partial charge in [-0.3, -0.25) is 14.9 Å². The summed E-state index contributed by atoms with van der Waals surface area (Å²) >= 11 is 0. The summed E-state index contributed by atoms with van der Waals surface area (Å²) < 4.78 is 9.86. The highest BCUT2D eigenvalue weighted by Crippen LogP contribution is 2.18. The number of urea groups is 1. The van der Waals surface area contributed by atoms with E-state index in [1.54, 1.807) is 13.8 Å². The first-order chi connectivity index (χ1) is 14.3. The number of hydrogen-bond acceptors (Lipinski definition) is 7. The summed E-state index contributed by atoms with van der Waals surface area (Å²) in [6, 6.07) is 6.40. The van der Waals surface area contributed by atoms with Crippen LogP contribution in [0, 0.1) is 0 Å². The van der Waals surface area contributed by atoms with E-state index in [9.17, 15) is 19.2 Å². The molecule has 1 aromatic carbocycles. The lowest BCUT2D eigenvalue weighted by Crippen LogP contribution is -2.55. The fraction of sp³-hybridized carbons (Fsp3) is 0.524. The molecule has 0 spiro atoms. The van der Waals surface area contributed by atoms with E-state index in [1.807, 2.05) is 30.3 Å². The molecule has 164 valence electrons. The van der Waals surface area contributed by atoms with Gasteiger partial charge in [0.05, 0.1) is 26.3 Å². The van der Waals surface area contributed by atoms with Gasteiger partial charge in [0.15, 0.2) is 6.04 Å². The first-order valence-electron chi connectivity index (χ1n) is 9.92.